The molecular formula is C17H15NO2. The van der Waals surface area contributed by atoms with Crippen LogP contribution in [0.5, 0.6) is 11.5 Å². The highest BCUT2D eigenvalue weighted by Crippen LogP contribution is 2.22. The number of ether oxygens (including phenoxy) is 1. The Morgan fingerprint density at radius 3 is 2.75 bits per heavy atom. The van der Waals surface area contributed by atoms with Crippen LogP contribution < -0.4 is 4.74 Å². The molecule has 0 aliphatic rings. The van der Waals surface area contributed by atoms with Crippen LogP contribution in [-0.4, -0.2) is 10.1 Å². The number of benzene rings is 2. The lowest BCUT2D eigenvalue weighted by molar-refractivity contribution is 0.300. The molecule has 0 unspecified atom stereocenters. The summed E-state index contributed by atoms with van der Waals surface area (Å²) in [6, 6.07) is 17.2. The fraction of sp³-hybridized carbons (Fsp3) is 0.118. The van der Waals surface area contributed by atoms with Crippen molar-refractivity contribution in [2.45, 2.75) is 13.5 Å². The lowest BCUT2D eigenvalue weighted by atomic mass is 10.2. The number of para-hydroxylation sites is 1. The summed E-state index contributed by atoms with van der Waals surface area (Å²) in [6.45, 7) is 2.30. The van der Waals surface area contributed by atoms with Gasteiger partial charge in [0.25, 0.3) is 0 Å². The van der Waals surface area contributed by atoms with Crippen LogP contribution in [0.1, 0.15) is 11.3 Å². The van der Waals surface area contributed by atoms with Gasteiger partial charge in [-0.25, -0.2) is 4.98 Å². The summed E-state index contributed by atoms with van der Waals surface area (Å²) in [7, 11) is 0. The fourth-order valence-corrected chi connectivity index (χ4v) is 2.16. The number of aromatic nitrogens is 1. The van der Waals surface area contributed by atoms with Crippen LogP contribution >= 0.6 is 0 Å². The molecule has 3 aromatic rings. The number of fused-ring (bicyclic) bond motifs is 1. The maximum absolute atomic E-state index is 9.54. The average Bonchev–Trinajstić information content (AvgIpc) is 2.44. The third-order valence-corrected chi connectivity index (χ3v) is 3.08. The second-order valence-corrected chi connectivity index (χ2v) is 4.79. The molecule has 3 nitrogen and oxygen atoms in total. The van der Waals surface area contributed by atoms with E-state index in [1.807, 2.05) is 49.4 Å². The highest BCUT2D eigenvalue weighted by molar-refractivity contribution is 5.78. The predicted molar refractivity (Wildman–Crippen MR) is 78.9 cm³/mol. The molecule has 1 aromatic heterocycles. The number of pyridine rings is 1. The summed E-state index contributed by atoms with van der Waals surface area (Å²) in [5, 5.41) is 10.7. The second kappa shape index (κ2) is 5.21. The molecular weight excluding hydrogens is 250 g/mol. The Bertz CT molecular complexity index is 733. The first-order valence-electron chi connectivity index (χ1n) is 6.49. The zero-order chi connectivity index (χ0) is 13.9. The first kappa shape index (κ1) is 12.5. The van der Waals surface area contributed by atoms with Crippen molar-refractivity contribution in [3.8, 4) is 11.5 Å². The van der Waals surface area contributed by atoms with Gasteiger partial charge >= 0.3 is 0 Å². The molecule has 0 saturated carbocycles. The summed E-state index contributed by atoms with van der Waals surface area (Å²) < 4.78 is 5.68. The van der Waals surface area contributed by atoms with Crippen molar-refractivity contribution in [1.29, 1.82) is 0 Å². The number of hydrogen-bond donors (Lipinski definition) is 1. The minimum Gasteiger partial charge on any atom is -0.508 e. The van der Waals surface area contributed by atoms with Gasteiger partial charge in [-0.15, -0.1) is 0 Å². The smallest absolute Gasteiger partial charge is 0.130 e. The second-order valence-electron chi connectivity index (χ2n) is 4.79. The van der Waals surface area contributed by atoms with E-state index >= 15 is 0 Å². The molecule has 0 aliphatic carbocycles. The van der Waals surface area contributed by atoms with Gasteiger partial charge in [-0.1, -0.05) is 24.3 Å². The first-order chi connectivity index (χ1) is 9.70. The van der Waals surface area contributed by atoms with Crippen molar-refractivity contribution in [2.75, 3.05) is 0 Å². The molecule has 100 valence electrons. The number of aromatic hydroxyl groups is 1. The van der Waals surface area contributed by atoms with Crippen LogP contribution in [-0.2, 0) is 6.61 Å². The van der Waals surface area contributed by atoms with Gasteiger partial charge in [0, 0.05) is 11.5 Å². The third kappa shape index (κ3) is 2.72. The Kier molecular flexibility index (Phi) is 3.25. The van der Waals surface area contributed by atoms with Crippen molar-refractivity contribution in [1.82, 2.24) is 4.98 Å². The molecule has 0 aliphatic heterocycles. The molecule has 0 atom stereocenters. The lowest BCUT2D eigenvalue weighted by Crippen LogP contribution is -1.98. The number of aryl methyl sites for hydroxylation is 1. The SMILES string of the molecule is Cc1cc(O)cc(OCc2ccc3ccccc3n2)c1. The first-order valence-corrected chi connectivity index (χ1v) is 6.49. The van der Waals surface area contributed by atoms with Gasteiger partial charge in [0.1, 0.15) is 18.1 Å². The molecule has 0 fully saturated rings. The number of hydrogen-bond acceptors (Lipinski definition) is 3. The molecule has 0 saturated heterocycles. The van der Waals surface area contributed by atoms with Crippen LogP contribution in [0.25, 0.3) is 10.9 Å². The highest BCUT2D eigenvalue weighted by atomic mass is 16.5. The maximum Gasteiger partial charge on any atom is 0.130 e. The minimum atomic E-state index is 0.214. The van der Waals surface area contributed by atoms with Gasteiger partial charge in [0.15, 0.2) is 0 Å². The quantitative estimate of drug-likeness (QED) is 0.782. The number of rotatable bonds is 3. The van der Waals surface area contributed by atoms with E-state index in [-0.39, 0.29) is 5.75 Å². The Balaban J connectivity index is 1.79. The largest absolute Gasteiger partial charge is 0.508 e. The monoisotopic (exact) mass is 265 g/mol. The predicted octanol–water partition coefficient (Wildman–Crippen LogP) is 3.83. The Morgan fingerprint density at radius 2 is 1.90 bits per heavy atom. The van der Waals surface area contributed by atoms with Crippen LogP contribution in [0.3, 0.4) is 0 Å². The number of nitrogens with zero attached hydrogens (tertiary/aromatic N) is 1. The molecule has 3 rings (SSSR count). The average molecular weight is 265 g/mol. The van der Waals surface area contributed by atoms with E-state index in [0.717, 1.165) is 22.2 Å². The topological polar surface area (TPSA) is 42.4 Å². The van der Waals surface area contributed by atoms with E-state index in [2.05, 4.69) is 4.98 Å². The van der Waals surface area contributed by atoms with E-state index in [9.17, 15) is 5.11 Å². The zero-order valence-electron chi connectivity index (χ0n) is 11.2. The zero-order valence-corrected chi connectivity index (χ0v) is 11.2. The van der Waals surface area contributed by atoms with Crippen LogP contribution in [0.4, 0.5) is 0 Å². The molecule has 20 heavy (non-hydrogen) atoms. The van der Waals surface area contributed by atoms with E-state index in [4.69, 9.17) is 4.74 Å². The molecule has 0 amide bonds. The van der Waals surface area contributed by atoms with E-state index < -0.39 is 0 Å². The fourth-order valence-electron chi connectivity index (χ4n) is 2.16. The minimum absolute atomic E-state index is 0.214. The molecule has 1 heterocycles. The van der Waals surface area contributed by atoms with Crippen molar-refractivity contribution >= 4 is 10.9 Å². The van der Waals surface area contributed by atoms with Crippen LogP contribution in [0.2, 0.25) is 0 Å². The van der Waals surface area contributed by atoms with Gasteiger partial charge < -0.3 is 9.84 Å². The Morgan fingerprint density at radius 1 is 1.05 bits per heavy atom. The lowest BCUT2D eigenvalue weighted by Gasteiger charge is -2.08. The maximum atomic E-state index is 9.54. The van der Waals surface area contributed by atoms with Gasteiger partial charge in [0.2, 0.25) is 0 Å². The van der Waals surface area contributed by atoms with Crippen molar-refractivity contribution in [2.24, 2.45) is 0 Å². The normalized spacial score (nSPS) is 10.7. The standard InChI is InChI=1S/C17H15NO2/c1-12-8-15(19)10-16(9-12)20-11-14-7-6-13-4-2-3-5-17(13)18-14/h2-10,19H,11H2,1H3. The van der Waals surface area contributed by atoms with Gasteiger partial charge in [0.05, 0.1) is 11.2 Å². The van der Waals surface area contributed by atoms with Gasteiger partial charge in [-0.05, 0) is 36.8 Å². The summed E-state index contributed by atoms with van der Waals surface area (Å²) in [5.74, 6) is 0.865. The summed E-state index contributed by atoms with van der Waals surface area (Å²) >= 11 is 0. The van der Waals surface area contributed by atoms with E-state index in [1.54, 1.807) is 12.1 Å². The number of phenolic OH excluding ortho intramolecular Hbond substituents is 1. The summed E-state index contributed by atoms with van der Waals surface area (Å²) in [4.78, 5) is 4.55. The van der Waals surface area contributed by atoms with Gasteiger partial charge in [-0.2, -0.15) is 0 Å². The Hall–Kier alpha value is -2.55. The highest BCUT2D eigenvalue weighted by Gasteiger charge is 2.01. The summed E-state index contributed by atoms with van der Waals surface area (Å²) in [6.07, 6.45) is 0. The van der Waals surface area contributed by atoms with Crippen molar-refractivity contribution in [3.63, 3.8) is 0 Å². The molecule has 1 N–H and O–H groups in total. The van der Waals surface area contributed by atoms with Crippen LogP contribution in [0, 0.1) is 6.92 Å². The van der Waals surface area contributed by atoms with Gasteiger partial charge in [-0.3, -0.25) is 0 Å². The van der Waals surface area contributed by atoms with Crippen LogP contribution in [0.15, 0.2) is 54.6 Å². The number of phenols is 1. The molecule has 0 spiro atoms. The molecule has 0 radical (unpaired) electrons. The molecule has 3 heteroatoms. The Labute approximate surface area is 117 Å². The van der Waals surface area contributed by atoms with Crippen molar-refractivity contribution < 1.29 is 9.84 Å². The third-order valence-electron chi connectivity index (χ3n) is 3.08. The van der Waals surface area contributed by atoms with E-state index in [0.29, 0.717) is 12.4 Å². The van der Waals surface area contributed by atoms with Crippen molar-refractivity contribution in [3.05, 3.63) is 65.9 Å². The molecule has 0 bridgehead atoms. The van der Waals surface area contributed by atoms with E-state index in [1.165, 1.54) is 0 Å². The summed E-state index contributed by atoms with van der Waals surface area (Å²) in [5.41, 5.74) is 2.79. The molecule has 2 aromatic carbocycles.